The molecule has 25 heavy (non-hydrogen) atoms. The molecule has 2 rings (SSSR count). The molecule has 2 aromatic rings. The smallest absolute Gasteiger partial charge is 0.265 e. The lowest BCUT2D eigenvalue weighted by Gasteiger charge is -2.31. The largest absolute Gasteiger partial charge is 0.313 e. The Kier molecular flexibility index (Phi) is 7.39. The number of likely N-dealkylation sites (N-methyl/N-ethyl adjacent to an activating group) is 1. The summed E-state index contributed by atoms with van der Waals surface area (Å²) in [5.74, 6) is 0.574. The number of carbonyl (C=O) groups is 1. The van der Waals surface area contributed by atoms with Gasteiger partial charge in [-0.1, -0.05) is 86.8 Å². The minimum Gasteiger partial charge on any atom is -0.265 e. The third-order valence-electron chi connectivity index (χ3n) is 4.96. The van der Waals surface area contributed by atoms with Crippen molar-refractivity contribution >= 4 is 5.91 Å². The van der Waals surface area contributed by atoms with Crippen molar-refractivity contribution in [2.24, 2.45) is 0 Å². The van der Waals surface area contributed by atoms with Crippen molar-refractivity contribution in [1.29, 1.82) is 0 Å². The highest BCUT2D eigenvalue weighted by atomic mass is 16.2. The van der Waals surface area contributed by atoms with Crippen LogP contribution in [0.15, 0.2) is 60.7 Å². The lowest BCUT2D eigenvalue weighted by atomic mass is 9.90. The fourth-order valence-electron chi connectivity index (χ4n) is 3.34. The second-order valence-electron chi connectivity index (χ2n) is 7.45. The van der Waals surface area contributed by atoms with Crippen molar-refractivity contribution < 1.29 is 9.28 Å². The molecule has 0 bridgehead atoms. The van der Waals surface area contributed by atoms with E-state index >= 15 is 0 Å². The zero-order chi connectivity index (χ0) is 18.1. The first kappa shape index (κ1) is 19.4. The molecule has 0 N–H and O–H groups in total. The predicted octanol–water partition coefficient (Wildman–Crippen LogP) is 5.39. The van der Waals surface area contributed by atoms with Gasteiger partial charge in [-0.2, -0.15) is 0 Å². The minimum absolute atomic E-state index is 0.233. The van der Waals surface area contributed by atoms with E-state index in [1.807, 2.05) is 12.1 Å². The van der Waals surface area contributed by atoms with Crippen molar-refractivity contribution in [1.82, 2.24) is 0 Å². The monoisotopic (exact) mass is 338 g/mol. The first-order valence-corrected chi connectivity index (χ1v) is 9.51. The minimum atomic E-state index is 0.233. The molecule has 0 spiro atoms. The van der Waals surface area contributed by atoms with E-state index in [4.69, 9.17) is 0 Å². The fourth-order valence-corrected chi connectivity index (χ4v) is 3.34. The van der Waals surface area contributed by atoms with Gasteiger partial charge in [0.15, 0.2) is 0 Å². The summed E-state index contributed by atoms with van der Waals surface area (Å²) in [5.41, 5.74) is 2.55. The van der Waals surface area contributed by atoms with Gasteiger partial charge in [0.1, 0.15) is 0 Å². The molecule has 0 aliphatic carbocycles. The van der Waals surface area contributed by atoms with Crippen LogP contribution in [0.25, 0.3) is 0 Å². The molecule has 0 atom stereocenters. The van der Waals surface area contributed by atoms with Gasteiger partial charge in [-0.05, 0) is 17.5 Å². The molecule has 0 heterocycles. The molecule has 0 aliphatic rings. The van der Waals surface area contributed by atoms with Crippen LogP contribution >= 0.6 is 0 Å². The Morgan fingerprint density at radius 1 is 0.840 bits per heavy atom. The number of quaternary nitrogens is 1. The number of amides is 1. The van der Waals surface area contributed by atoms with Gasteiger partial charge in [0.25, 0.3) is 0 Å². The molecule has 134 valence electrons. The van der Waals surface area contributed by atoms with Gasteiger partial charge >= 0.3 is 5.91 Å². The lowest BCUT2D eigenvalue weighted by Crippen LogP contribution is -2.48. The highest BCUT2D eigenvalue weighted by Gasteiger charge is 2.31. The maximum Gasteiger partial charge on any atom is 0.313 e. The van der Waals surface area contributed by atoms with E-state index in [1.54, 1.807) is 0 Å². The Labute approximate surface area is 153 Å². The third-order valence-corrected chi connectivity index (χ3v) is 4.96. The molecule has 0 saturated carbocycles. The van der Waals surface area contributed by atoms with Gasteiger partial charge in [0, 0.05) is 0 Å². The van der Waals surface area contributed by atoms with Gasteiger partial charge in [-0.3, -0.25) is 4.48 Å². The summed E-state index contributed by atoms with van der Waals surface area (Å²) in [6, 6.07) is 21.1. The standard InChI is InChI=1S/C23H32NO/c1-4-5-6-13-18-23(25)24(2,3)19-22(20-14-9-7-10-15-20)21-16-11-8-12-17-21/h7-12,14-17,22H,4-6,13,18-19H2,1-3H3/q+1. The first-order chi connectivity index (χ1) is 12.0. The van der Waals surface area contributed by atoms with Crippen molar-refractivity contribution in [2.75, 3.05) is 20.6 Å². The summed E-state index contributed by atoms with van der Waals surface area (Å²) < 4.78 is 0.431. The van der Waals surface area contributed by atoms with E-state index in [-0.39, 0.29) is 5.92 Å². The second kappa shape index (κ2) is 9.53. The van der Waals surface area contributed by atoms with E-state index < -0.39 is 0 Å². The summed E-state index contributed by atoms with van der Waals surface area (Å²) in [7, 11) is 4.11. The summed E-state index contributed by atoms with van der Waals surface area (Å²) in [4.78, 5) is 12.8. The van der Waals surface area contributed by atoms with E-state index in [1.165, 1.54) is 24.0 Å². The number of carbonyl (C=O) groups excluding carboxylic acids is 1. The summed E-state index contributed by atoms with van der Waals surface area (Å²) in [6.45, 7) is 2.99. The van der Waals surface area contributed by atoms with E-state index in [0.29, 0.717) is 16.8 Å². The average molecular weight is 339 g/mol. The van der Waals surface area contributed by atoms with E-state index in [0.717, 1.165) is 19.4 Å². The Bertz CT molecular complexity index is 594. The average Bonchev–Trinajstić information content (AvgIpc) is 2.64. The van der Waals surface area contributed by atoms with Gasteiger partial charge < -0.3 is 0 Å². The summed E-state index contributed by atoms with van der Waals surface area (Å²) >= 11 is 0. The number of nitrogens with zero attached hydrogens (tertiary/aromatic N) is 1. The molecule has 0 aromatic heterocycles. The highest BCUT2D eigenvalue weighted by Crippen LogP contribution is 2.27. The molecular formula is C23H32NO+. The molecule has 2 nitrogen and oxygen atoms in total. The molecular weight excluding hydrogens is 306 g/mol. The maximum atomic E-state index is 12.8. The van der Waals surface area contributed by atoms with Crippen LogP contribution in [0.5, 0.6) is 0 Å². The zero-order valence-electron chi connectivity index (χ0n) is 15.9. The number of hydrogen-bond donors (Lipinski definition) is 0. The summed E-state index contributed by atoms with van der Waals surface area (Å²) in [5, 5.41) is 0. The van der Waals surface area contributed by atoms with E-state index in [2.05, 4.69) is 69.6 Å². The molecule has 0 saturated heterocycles. The van der Waals surface area contributed by atoms with Crippen LogP contribution < -0.4 is 0 Å². The lowest BCUT2D eigenvalue weighted by molar-refractivity contribution is -0.815. The quantitative estimate of drug-likeness (QED) is 0.442. The van der Waals surface area contributed by atoms with Gasteiger partial charge in [0.05, 0.1) is 33.0 Å². The van der Waals surface area contributed by atoms with E-state index in [9.17, 15) is 4.79 Å². The number of benzene rings is 2. The molecule has 2 aromatic carbocycles. The molecule has 0 fully saturated rings. The van der Waals surface area contributed by atoms with Crippen LogP contribution in [0.3, 0.4) is 0 Å². The predicted molar refractivity (Wildman–Crippen MR) is 105 cm³/mol. The zero-order valence-corrected chi connectivity index (χ0v) is 15.9. The second-order valence-corrected chi connectivity index (χ2v) is 7.45. The molecule has 0 radical (unpaired) electrons. The highest BCUT2D eigenvalue weighted by molar-refractivity contribution is 5.68. The van der Waals surface area contributed by atoms with Crippen LogP contribution in [0.1, 0.15) is 56.1 Å². The Balaban J connectivity index is 2.14. The number of hydrogen-bond acceptors (Lipinski definition) is 1. The number of unbranched alkanes of at least 4 members (excludes halogenated alkanes) is 3. The third kappa shape index (κ3) is 5.82. The van der Waals surface area contributed by atoms with Crippen LogP contribution in [0.4, 0.5) is 0 Å². The maximum absolute atomic E-state index is 12.8. The summed E-state index contributed by atoms with van der Waals surface area (Å²) in [6.07, 6.45) is 5.27. The molecule has 1 amide bonds. The van der Waals surface area contributed by atoms with Crippen molar-refractivity contribution in [3.05, 3.63) is 71.8 Å². The van der Waals surface area contributed by atoms with Crippen LogP contribution in [0.2, 0.25) is 0 Å². The van der Waals surface area contributed by atoms with Crippen molar-refractivity contribution in [3.63, 3.8) is 0 Å². The van der Waals surface area contributed by atoms with Gasteiger partial charge in [-0.15, -0.1) is 0 Å². The Hall–Kier alpha value is -1.93. The van der Waals surface area contributed by atoms with Gasteiger partial charge in [-0.25, -0.2) is 4.79 Å². The Morgan fingerprint density at radius 3 is 1.84 bits per heavy atom. The Morgan fingerprint density at radius 2 is 1.36 bits per heavy atom. The number of rotatable bonds is 9. The van der Waals surface area contributed by atoms with Crippen LogP contribution in [-0.2, 0) is 4.79 Å². The van der Waals surface area contributed by atoms with Crippen molar-refractivity contribution in [3.8, 4) is 0 Å². The molecule has 2 heteroatoms. The molecule has 0 aliphatic heterocycles. The van der Waals surface area contributed by atoms with Crippen LogP contribution in [-0.4, -0.2) is 31.0 Å². The van der Waals surface area contributed by atoms with Crippen LogP contribution in [0, 0.1) is 0 Å². The first-order valence-electron chi connectivity index (χ1n) is 9.51. The van der Waals surface area contributed by atoms with Crippen molar-refractivity contribution in [2.45, 2.75) is 44.9 Å². The topological polar surface area (TPSA) is 17.1 Å². The SMILES string of the molecule is CCCCCCC(=O)[N+](C)(C)CC(c1ccccc1)c1ccccc1. The normalized spacial score (nSPS) is 11.7. The molecule has 0 unspecified atom stereocenters. The fraction of sp³-hybridized carbons (Fsp3) is 0.435. The van der Waals surface area contributed by atoms with Gasteiger partial charge in [0.2, 0.25) is 0 Å².